The number of aliphatic hydroxyl groups excluding tert-OH is 1. The Balaban J connectivity index is 2.24. The Bertz CT molecular complexity index is 451. The van der Waals surface area contributed by atoms with Gasteiger partial charge >= 0.3 is 0 Å². The SMILES string of the molecule is Nc1ccc(C(=O)N2CCCCC2CO)c(F)c1. The molecule has 0 aliphatic carbocycles. The lowest BCUT2D eigenvalue weighted by Gasteiger charge is -2.34. The van der Waals surface area contributed by atoms with Crippen molar-refractivity contribution in [2.75, 3.05) is 18.9 Å². The third-order valence-electron chi connectivity index (χ3n) is 3.32. The minimum Gasteiger partial charge on any atom is -0.399 e. The van der Waals surface area contributed by atoms with Gasteiger partial charge in [-0.3, -0.25) is 4.79 Å². The topological polar surface area (TPSA) is 66.6 Å². The fraction of sp³-hybridized carbons (Fsp3) is 0.462. The summed E-state index contributed by atoms with van der Waals surface area (Å²) in [5.74, 6) is -0.978. The van der Waals surface area contributed by atoms with Gasteiger partial charge in [-0.25, -0.2) is 4.39 Å². The van der Waals surface area contributed by atoms with Crippen LogP contribution in [0.1, 0.15) is 29.6 Å². The number of hydrogen-bond acceptors (Lipinski definition) is 3. The molecule has 1 saturated heterocycles. The Labute approximate surface area is 105 Å². The van der Waals surface area contributed by atoms with E-state index in [1.54, 1.807) is 4.90 Å². The molecule has 1 amide bonds. The molecular formula is C13H17FN2O2. The molecule has 1 atom stereocenters. The predicted molar refractivity (Wildman–Crippen MR) is 66.6 cm³/mol. The monoisotopic (exact) mass is 252 g/mol. The summed E-state index contributed by atoms with van der Waals surface area (Å²) in [4.78, 5) is 13.8. The van der Waals surface area contributed by atoms with Gasteiger partial charge in [0.05, 0.1) is 18.2 Å². The third-order valence-corrected chi connectivity index (χ3v) is 3.32. The fourth-order valence-electron chi connectivity index (χ4n) is 2.32. The van der Waals surface area contributed by atoms with E-state index in [-0.39, 0.29) is 24.1 Å². The van der Waals surface area contributed by atoms with Crippen molar-refractivity contribution < 1.29 is 14.3 Å². The molecule has 0 aromatic heterocycles. The number of aliphatic hydroxyl groups is 1. The van der Waals surface area contributed by atoms with Gasteiger partial charge < -0.3 is 15.7 Å². The minimum atomic E-state index is -0.609. The number of halogens is 1. The zero-order chi connectivity index (χ0) is 13.1. The largest absolute Gasteiger partial charge is 0.399 e. The number of nitrogens with zero attached hydrogens (tertiary/aromatic N) is 1. The van der Waals surface area contributed by atoms with Crippen molar-refractivity contribution in [3.8, 4) is 0 Å². The number of likely N-dealkylation sites (tertiary alicyclic amines) is 1. The summed E-state index contributed by atoms with van der Waals surface area (Å²) < 4.78 is 13.7. The second-order valence-corrected chi connectivity index (χ2v) is 4.57. The van der Waals surface area contributed by atoms with Gasteiger partial charge in [0.2, 0.25) is 0 Å². The molecule has 0 saturated carbocycles. The Morgan fingerprint density at radius 2 is 2.28 bits per heavy atom. The molecule has 3 N–H and O–H groups in total. The number of nitrogens with two attached hydrogens (primary N) is 1. The molecule has 1 fully saturated rings. The lowest BCUT2D eigenvalue weighted by molar-refractivity contribution is 0.0498. The first-order valence-electron chi connectivity index (χ1n) is 6.10. The van der Waals surface area contributed by atoms with E-state index in [0.717, 1.165) is 25.3 Å². The first-order chi connectivity index (χ1) is 8.63. The molecule has 0 spiro atoms. The van der Waals surface area contributed by atoms with Gasteiger partial charge in [-0.15, -0.1) is 0 Å². The molecule has 18 heavy (non-hydrogen) atoms. The standard InChI is InChI=1S/C13H17FN2O2/c14-12-7-9(15)4-5-11(12)13(18)16-6-2-1-3-10(16)8-17/h4-5,7,10,17H,1-3,6,8,15H2. The maximum Gasteiger partial charge on any atom is 0.257 e. The van der Waals surface area contributed by atoms with E-state index in [0.29, 0.717) is 12.2 Å². The summed E-state index contributed by atoms with van der Waals surface area (Å²) >= 11 is 0. The van der Waals surface area contributed by atoms with E-state index in [9.17, 15) is 14.3 Å². The van der Waals surface area contributed by atoms with Crippen LogP contribution in [-0.4, -0.2) is 35.1 Å². The van der Waals surface area contributed by atoms with Gasteiger partial charge in [-0.2, -0.15) is 0 Å². The van der Waals surface area contributed by atoms with Crippen LogP contribution in [-0.2, 0) is 0 Å². The van der Waals surface area contributed by atoms with Gasteiger partial charge in [0.15, 0.2) is 0 Å². The first kappa shape index (κ1) is 12.8. The van der Waals surface area contributed by atoms with E-state index in [4.69, 9.17) is 5.73 Å². The first-order valence-corrected chi connectivity index (χ1v) is 6.10. The summed E-state index contributed by atoms with van der Waals surface area (Å²) in [5, 5.41) is 9.26. The Morgan fingerprint density at radius 3 is 2.94 bits per heavy atom. The molecule has 1 heterocycles. The molecule has 1 aromatic rings. The molecule has 98 valence electrons. The van der Waals surface area contributed by atoms with Crippen molar-refractivity contribution in [2.45, 2.75) is 25.3 Å². The zero-order valence-electron chi connectivity index (χ0n) is 10.1. The lowest BCUT2D eigenvalue weighted by atomic mass is 10.0. The number of amides is 1. The smallest absolute Gasteiger partial charge is 0.257 e. The average Bonchev–Trinajstić information content (AvgIpc) is 2.38. The molecule has 2 rings (SSSR count). The van der Waals surface area contributed by atoms with Crippen LogP contribution in [0.15, 0.2) is 18.2 Å². The van der Waals surface area contributed by atoms with Gasteiger partial charge in [-0.1, -0.05) is 0 Å². The van der Waals surface area contributed by atoms with Gasteiger partial charge in [0.1, 0.15) is 5.82 Å². The number of carbonyl (C=O) groups excluding carboxylic acids is 1. The summed E-state index contributed by atoms with van der Waals surface area (Å²) in [5.41, 5.74) is 5.77. The molecule has 5 heteroatoms. The Kier molecular flexibility index (Phi) is 3.81. The zero-order valence-corrected chi connectivity index (χ0v) is 10.1. The van der Waals surface area contributed by atoms with Crippen molar-refractivity contribution in [1.82, 2.24) is 4.90 Å². The highest BCUT2D eigenvalue weighted by atomic mass is 19.1. The van der Waals surface area contributed by atoms with Gasteiger partial charge in [0.25, 0.3) is 5.91 Å². The van der Waals surface area contributed by atoms with E-state index < -0.39 is 5.82 Å². The summed E-state index contributed by atoms with van der Waals surface area (Å²) in [6.07, 6.45) is 2.64. The van der Waals surface area contributed by atoms with E-state index in [2.05, 4.69) is 0 Å². The number of carbonyl (C=O) groups is 1. The number of piperidine rings is 1. The highest BCUT2D eigenvalue weighted by Crippen LogP contribution is 2.21. The quantitative estimate of drug-likeness (QED) is 0.782. The summed E-state index contributed by atoms with van der Waals surface area (Å²) in [6.45, 7) is 0.482. The van der Waals surface area contributed by atoms with Crippen LogP contribution in [0, 0.1) is 5.82 Å². The van der Waals surface area contributed by atoms with Crippen LogP contribution in [0.4, 0.5) is 10.1 Å². The van der Waals surface area contributed by atoms with Crippen molar-refractivity contribution in [3.05, 3.63) is 29.6 Å². The maximum absolute atomic E-state index is 13.7. The van der Waals surface area contributed by atoms with Gasteiger partial charge in [0, 0.05) is 12.2 Å². The molecule has 1 aliphatic rings. The molecule has 0 radical (unpaired) electrons. The number of hydrogen-bond donors (Lipinski definition) is 2. The third kappa shape index (κ3) is 2.46. The van der Waals surface area contributed by atoms with Crippen molar-refractivity contribution >= 4 is 11.6 Å². The lowest BCUT2D eigenvalue weighted by Crippen LogP contribution is -2.45. The minimum absolute atomic E-state index is 0.0181. The molecular weight excluding hydrogens is 235 g/mol. The normalized spacial score (nSPS) is 19.9. The summed E-state index contributed by atoms with van der Waals surface area (Å²) in [6, 6.07) is 3.85. The molecule has 1 aliphatic heterocycles. The number of benzene rings is 1. The maximum atomic E-state index is 13.7. The average molecular weight is 252 g/mol. The van der Waals surface area contributed by atoms with Crippen molar-refractivity contribution in [2.24, 2.45) is 0 Å². The Hall–Kier alpha value is -1.62. The highest BCUT2D eigenvalue weighted by molar-refractivity contribution is 5.95. The van der Waals surface area contributed by atoms with E-state index in [1.807, 2.05) is 0 Å². The molecule has 1 aromatic carbocycles. The molecule has 4 nitrogen and oxygen atoms in total. The fourth-order valence-corrected chi connectivity index (χ4v) is 2.32. The molecule has 0 bridgehead atoms. The van der Waals surface area contributed by atoms with Crippen LogP contribution in [0.2, 0.25) is 0 Å². The van der Waals surface area contributed by atoms with Crippen molar-refractivity contribution in [3.63, 3.8) is 0 Å². The van der Waals surface area contributed by atoms with Crippen LogP contribution in [0.3, 0.4) is 0 Å². The molecule has 1 unspecified atom stereocenters. The van der Waals surface area contributed by atoms with Crippen molar-refractivity contribution in [1.29, 1.82) is 0 Å². The number of anilines is 1. The van der Waals surface area contributed by atoms with Crippen LogP contribution >= 0.6 is 0 Å². The van der Waals surface area contributed by atoms with Crippen LogP contribution in [0.5, 0.6) is 0 Å². The van der Waals surface area contributed by atoms with Crippen LogP contribution < -0.4 is 5.73 Å². The van der Waals surface area contributed by atoms with E-state index >= 15 is 0 Å². The second kappa shape index (κ2) is 5.35. The van der Waals surface area contributed by atoms with Crippen LogP contribution in [0.25, 0.3) is 0 Å². The predicted octanol–water partition coefficient (Wildman–Crippen LogP) is 1.39. The number of nitrogen functional groups attached to an aromatic ring is 1. The van der Waals surface area contributed by atoms with E-state index in [1.165, 1.54) is 12.1 Å². The second-order valence-electron chi connectivity index (χ2n) is 4.57. The Morgan fingerprint density at radius 1 is 1.50 bits per heavy atom. The van der Waals surface area contributed by atoms with Gasteiger partial charge in [-0.05, 0) is 37.5 Å². The summed E-state index contributed by atoms with van der Waals surface area (Å²) in [7, 11) is 0. The highest BCUT2D eigenvalue weighted by Gasteiger charge is 2.28. The number of rotatable bonds is 2.